The van der Waals surface area contributed by atoms with Gasteiger partial charge in [-0.1, -0.05) is 56.5 Å². The first-order chi connectivity index (χ1) is 23.4. The Kier molecular flexibility index (Phi) is 16.9. The van der Waals surface area contributed by atoms with Gasteiger partial charge in [0.2, 0.25) is 0 Å². The summed E-state index contributed by atoms with van der Waals surface area (Å²) in [6, 6.07) is 13.3. The van der Waals surface area contributed by atoms with Gasteiger partial charge in [0, 0.05) is 23.3 Å². The zero-order valence-corrected chi connectivity index (χ0v) is 31.6. The summed E-state index contributed by atoms with van der Waals surface area (Å²) in [6.45, 7) is 10.2. The number of carbonyl (C=O) groups is 4. The lowest BCUT2D eigenvalue weighted by Gasteiger charge is -2.31. The Morgan fingerprint density at radius 2 is 1.06 bits per heavy atom. The molecule has 0 spiro atoms. The summed E-state index contributed by atoms with van der Waals surface area (Å²) < 4.78 is 18.1. The highest BCUT2D eigenvalue weighted by molar-refractivity contribution is 6.30. The van der Waals surface area contributed by atoms with Gasteiger partial charge in [-0.3, -0.25) is 14.4 Å². The topological polar surface area (TPSA) is 136 Å². The van der Waals surface area contributed by atoms with Gasteiger partial charge < -0.3 is 24.4 Å². The van der Waals surface area contributed by atoms with Crippen LogP contribution in [0.15, 0.2) is 48.5 Å². The maximum absolute atomic E-state index is 13.6. The van der Waals surface area contributed by atoms with Crippen LogP contribution in [0.3, 0.4) is 0 Å². The molecule has 0 aliphatic rings. The van der Waals surface area contributed by atoms with Gasteiger partial charge in [-0.05, 0) is 122 Å². The largest absolute Gasteiger partial charge is 0.481 e. The Morgan fingerprint density at radius 3 is 1.50 bits per heavy atom. The predicted molar refractivity (Wildman–Crippen MR) is 195 cm³/mol. The number of esters is 1. The van der Waals surface area contributed by atoms with E-state index in [0.29, 0.717) is 47.6 Å². The molecule has 2 rings (SSSR count). The van der Waals surface area contributed by atoms with Crippen LogP contribution in [-0.2, 0) is 23.9 Å². The molecule has 0 unspecified atom stereocenters. The minimum absolute atomic E-state index is 0.157. The third-order valence-electron chi connectivity index (χ3n) is 9.30. The molecule has 0 fully saturated rings. The van der Waals surface area contributed by atoms with Gasteiger partial charge in [0.05, 0.1) is 16.9 Å². The molecule has 0 amide bonds. The van der Waals surface area contributed by atoms with E-state index in [0.717, 1.165) is 51.4 Å². The van der Waals surface area contributed by atoms with Crippen LogP contribution in [-0.4, -0.2) is 58.8 Å². The standard InChI is InChI=1S/C40H57ClO9/c1-38(2,35(43)44)26-14-10-8-12-16-32(48-7)33(17-13-9-11-15-27-39(3,4)36(45)46)49-37(47)40(5,6)50-31-24-20-29(21-25-31)34(42)28-18-22-30(41)23-19-28/h18-25,32-33H,8-17,26-27H2,1-7H3,(H,43,44)(H,45,46)/t32-,33-/m0/s1. The molecular weight excluding hydrogens is 660 g/mol. The second kappa shape index (κ2) is 19.8. The monoisotopic (exact) mass is 716 g/mol. The molecule has 0 heterocycles. The summed E-state index contributed by atoms with van der Waals surface area (Å²) in [6.07, 6.45) is 8.35. The van der Waals surface area contributed by atoms with Crippen LogP contribution < -0.4 is 4.74 Å². The molecule has 10 heteroatoms. The SMILES string of the molecule is CO[C@@H](CCCCCCC(C)(C)C(=O)O)[C@H](CCCCCCC(C)(C)C(=O)O)OC(=O)C(C)(C)Oc1ccc(C(=O)c2ccc(Cl)cc2)cc1. The highest BCUT2D eigenvalue weighted by Crippen LogP contribution is 2.28. The van der Waals surface area contributed by atoms with Crippen molar-refractivity contribution in [2.75, 3.05) is 7.11 Å². The fourth-order valence-corrected chi connectivity index (χ4v) is 5.71. The molecular formula is C40H57ClO9. The zero-order chi connectivity index (χ0) is 37.5. The van der Waals surface area contributed by atoms with Crippen LogP contribution in [0, 0.1) is 10.8 Å². The summed E-state index contributed by atoms with van der Waals surface area (Å²) in [7, 11) is 1.61. The Labute approximate surface area is 303 Å². The van der Waals surface area contributed by atoms with Crippen molar-refractivity contribution in [1.29, 1.82) is 0 Å². The van der Waals surface area contributed by atoms with Gasteiger partial charge in [0.1, 0.15) is 11.9 Å². The van der Waals surface area contributed by atoms with Crippen LogP contribution in [0.5, 0.6) is 5.75 Å². The van der Waals surface area contributed by atoms with Crippen molar-refractivity contribution in [3.05, 3.63) is 64.7 Å². The second-order valence-corrected chi connectivity index (χ2v) is 15.4. The number of hydrogen-bond donors (Lipinski definition) is 2. The average Bonchev–Trinajstić information content (AvgIpc) is 3.05. The minimum Gasteiger partial charge on any atom is -0.481 e. The molecule has 2 aromatic rings. The summed E-state index contributed by atoms with van der Waals surface area (Å²) >= 11 is 5.95. The van der Waals surface area contributed by atoms with Crippen molar-refractivity contribution in [3.63, 3.8) is 0 Å². The molecule has 278 valence electrons. The Balaban J connectivity index is 2.04. The van der Waals surface area contributed by atoms with Crippen LogP contribution in [0.4, 0.5) is 0 Å². The molecule has 0 aromatic heterocycles. The lowest BCUT2D eigenvalue weighted by atomic mass is 9.87. The van der Waals surface area contributed by atoms with E-state index in [2.05, 4.69) is 0 Å². The number of hydrogen-bond acceptors (Lipinski definition) is 7. The smallest absolute Gasteiger partial charge is 0.350 e. The highest BCUT2D eigenvalue weighted by atomic mass is 35.5. The lowest BCUT2D eigenvalue weighted by Crippen LogP contribution is -2.44. The van der Waals surface area contributed by atoms with Gasteiger partial charge in [-0.2, -0.15) is 0 Å². The molecule has 50 heavy (non-hydrogen) atoms. The number of halogens is 1. The van der Waals surface area contributed by atoms with Crippen LogP contribution in [0.25, 0.3) is 0 Å². The van der Waals surface area contributed by atoms with Crippen LogP contribution >= 0.6 is 11.6 Å². The van der Waals surface area contributed by atoms with Gasteiger partial charge in [-0.25, -0.2) is 4.79 Å². The molecule has 0 aliphatic heterocycles. The Hall–Kier alpha value is -3.43. The van der Waals surface area contributed by atoms with E-state index in [9.17, 15) is 29.4 Å². The van der Waals surface area contributed by atoms with Crippen molar-refractivity contribution in [1.82, 2.24) is 0 Å². The average molecular weight is 717 g/mol. The molecule has 0 saturated heterocycles. The first-order valence-corrected chi connectivity index (χ1v) is 18.1. The first kappa shape index (κ1) is 42.7. The molecule has 9 nitrogen and oxygen atoms in total. The number of carboxylic acids is 2. The molecule has 2 atom stereocenters. The summed E-state index contributed by atoms with van der Waals surface area (Å²) in [5.74, 6) is -1.87. The number of unbranched alkanes of at least 4 members (excludes halogenated alkanes) is 6. The molecule has 0 bridgehead atoms. The summed E-state index contributed by atoms with van der Waals surface area (Å²) in [5, 5.41) is 19.3. The number of carboxylic acid groups (broad SMARTS) is 2. The van der Waals surface area contributed by atoms with Crippen molar-refractivity contribution in [2.45, 2.75) is 136 Å². The molecule has 0 saturated carbocycles. The van der Waals surface area contributed by atoms with Gasteiger partial charge in [-0.15, -0.1) is 0 Å². The lowest BCUT2D eigenvalue weighted by molar-refractivity contribution is -0.173. The van der Waals surface area contributed by atoms with Crippen molar-refractivity contribution in [2.24, 2.45) is 10.8 Å². The fourth-order valence-electron chi connectivity index (χ4n) is 5.58. The van der Waals surface area contributed by atoms with E-state index in [-0.39, 0.29) is 11.9 Å². The van der Waals surface area contributed by atoms with E-state index >= 15 is 0 Å². The summed E-state index contributed by atoms with van der Waals surface area (Å²) in [4.78, 5) is 49.3. The van der Waals surface area contributed by atoms with Gasteiger partial charge in [0.25, 0.3) is 0 Å². The van der Waals surface area contributed by atoms with Crippen LogP contribution in [0.1, 0.15) is 135 Å². The maximum atomic E-state index is 13.6. The number of carbonyl (C=O) groups excluding carboxylic acids is 2. The predicted octanol–water partition coefficient (Wildman–Crippen LogP) is 9.56. The molecule has 0 radical (unpaired) electrons. The van der Waals surface area contributed by atoms with Crippen molar-refractivity contribution in [3.8, 4) is 5.75 Å². The Morgan fingerprint density at radius 1 is 0.640 bits per heavy atom. The molecule has 2 N–H and O–H groups in total. The van der Waals surface area contributed by atoms with E-state index in [4.69, 9.17) is 25.8 Å². The number of ether oxygens (including phenoxy) is 3. The van der Waals surface area contributed by atoms with E-state index in [1.54, 1.807) is 97.2 Å². The van der Waals surface area contributed by atoms with Crippen molar-refractivity contribution >= 4 is 35.3 Å². The fraction of sp³-hybridized carbons (Fsp3) is 0.600. The normalized spacial score (nSPS) is 13.4. The molecule has 2 aromatic carbocycles. The van der Waals surface area contributed by atoms with Gasteiger partial charge >= 0.3 is 17.9 Å². The number of aliphatic carboxylic acids is 2. The van der Waals surface area contributed by atoms with E-state index < -0.39 is 40.4 Å². The highest BCUT2D eigenvalue weighted by Gasteiger charge is 2.36. The number of benzene rings is 2. The summed E-state index contributed by atoms with van der Waals surface area (Å²) in [5.41, 5.74) is -1.86. The third kappa shape index (κ3) is 14.1. The second-order valence-electron chi connectivity index (χ2n) is 15.0. The molecule has 0 aliphatic carbocycles. The Bertz CT molecular complexity index is 1380. The maximum Gasteiger partial charge on any atom is 0.350 e. The van der Waals surface area contributed by atoms with Gasteiger partial charge in [0.15, 0.2) is 11.4 Å². The first-order valence-electron chi connectivity index (χ1n) is 17.7. The third-order valence-corrected chi connectivity index (χ3v) is 9.55. The number of methoxy groups -OCH3 is 1. The minimum atomic E-state index is -1.34. The van der Waals surface area contributed by atoms with E-state index in [1.807, 2.05) is 0 Å². The van der Waals surface area contributed by atoms with Crippen LogP contribution in [0.2, 0.25) is 5.02 Å². The zero-order valence-electron chi connectivity index (χ0n) is 30.9. The van der Waals surface area contributed by atoms with Crippen molar-refractivity contribution < 1.29 is 43.6 Å². The number of ketones is 1. The number of rotatable bonds is 24. The van der Waals surface area contributed by atoms with E-state index in [1.165, 1.54) is 0 Å². The quantitative estimate of drug-likeness (QED) is 0.0618.